The van der Waals surface area contributed by atoms with Gasteiger partial charge in [-0.15, -0.1) is 0 Å². The lowest BCUT2D eigenvalue weighted by atomic mass is 9.68. The van der Waals surface area contributed by atoms with Crippen molar-refractivity contribution in [2.45, 2.75) is 50.8 Å². The average Bonchev–Trinajstić information content (AvgIpc) is 2.53. The summed E-state index contributed by atoms with van der Waals surface area (Å²) in [6, 6.07) is 0.359. The maximum absolute atomic E-state index is 11.8. The van der Waals surface area contributed by atoms with Gasteiger partial charge in [-0.05, 0) is 20.3 Å². The Balaban J connectivity index is 1.98. The van der Waals surface area contributed by atoms with E-state index in [4.69, 9.17) is 9.57 Å². The maximum Gasteiger partial charge on any atom is 0.329 e. The van der Waals surface area contributed by atoms with Gasteiger partial charge in [-0.3, -0.25) is 4.84 Å². The molecule has 3 aliphatic heterocycles. The number of esters is 1. The number of ether oxygens (including phenoxy) is 1. The fourth-order valence-electron chi connectivity index (χ4n) is 3.47. The standard InChI is InChI=1S/C11H17NO3/c1-4-8-7-5-14-9(13)11(7)6-10(2,3)15-12(8)11/h7-8H,4-6H2,1-3H3. The number of carbonyl (C=O) groups excluding carboxylic acids is 1. The van der Waals surface area contributed by atoms with Crippen molar-refractivity contribution in [2.75, 3.05) is 6.61 Å². The Labute approximate surface area is 89.5 Å². The SMILES string of the molecule is CCC1C2COC(=O)C23CC(C)(C)ON13. The highest BCUT2D eigenvalue weighted by atomic mass is 16.7. The van der Waals surface area contributed by atoms with Crippen molar-refractivity contribution in [2.24, 2.45) is 5.92 Å². The summed E-state index contributed by atoms with van der Waals surface area (Å²) >= 11 is 0. The van der Waals surface area contributed by atoms with E-state index in [9.17, 15) is 4.79 Å². The molecule has 0 bridgehead atoms. The van der Waals surface area contributed by atoms with Crippen molar-refractivity contribution in [3.05, 3.63) is 0 Å². The number of hydroxylamine groups is 2. The van der Waals surface area contributed by atoms with Gasteiger partial charge in [0.2, 0.25) is 0 Å². The summed E-state index contributed by atoms with van der Waals surface area (Å²) < 4.78 is 5.21. The monoisotopic (exact) mass is 211 g/mol. The van der Waals surface area contributed by atoms with Crippen molar-refractivity contribution < 1.29 is 14.4 Å². The van der Waals surface area contributed by atoms with E-state index in [2.05, 4.69) is 6.92 Å². The van der Waals surface area contributed by atoms with Gasteiger partial charge in [-0.2, -0.15) is 5.06 Å². The van der Waals surface area contributed by atoms with Gasteiger partial charge in [0, 0.05) is 18.4 Å². The van der Waals surface area contributed by atoms with Crippen LogP contribution in [-0.2, 0) is 14.4 Å². The molecular formula is C11H17NO3. The fraction of sp³-hybridized carbons (Fsp3) is 0.909. The van der Waals surface area contributed by atoms with Crippen molar-refractivity contribution >= 4 is 5.97 Å². The van der Waals surface area contributed by atoms with Gasteiger partial charge in [0.15, 0.2) is 5.54 Å². The molecule has 0 radical (unpaired) electrons. The summed E-state index contributed by atoms with van der Waals surface area (Å²) in [7, 11) is 0. The predicted molar refractivity (Wildman–Crippen MR) is 52.9 cm³/mol. The maximum atomic E-state index is 11.8. The highest BCUT2D eigenvalue weighted by molar-refractivity contribution is 5.85. The second-order valence-corrected chi connectivity index (χ2v) is 5.46. The predicted octanol–water partition coefficient (Wildman–Crippen LogP) is 1.11. The molecule has 3 fully saturated rings. The van der Waals surface area contributed by atoms with Crippen LogP contribution in [0.3, 0.4) is 0 Å². The molecule has 3 unspecified atom stereocenters. The van der Waals surface area contributed by atoms with Crippen LogP contribution in [0.5, 0.6) is 0 Å². The summed E-state index contributed by atoms with van der Waals surface area (Å²) in [5.74, 6) is 0.263. The van der Waals surface area contributed by atoms with Gasteiger partial charge in [0.25, 0.3) is 0 Å². The van der Waals surface area contributed by atoms with Crippen molar-refractivity contribution in [3.8, 4) is 0 Å². The van der Waals surface area contributed by atoms with Crippen LogP contribution in [0.4, 0.5) is 0 Å². The first-order valence-corrected chi connectivity index (χ1v) is 5.67. The van der Waals surface area contributed by atoms with E-state index in [1.807, 2.05) is 18.9 Å². The lowest BCUT2D eigenvalue weighted by Crippen LogP contribution is -2.70. The van der Waals surface area contributed by atoms with E-state index in [1.165, 1.54) is 0 Å². The van der Waals surface area contributed by atoms with Crippen LogP contribution in [0.1, 0.15) is 33.6 Å². The molecule has 0 aromatic carbocycles. The molecule has 0 aromatic rings. The van der Waals surface area contributed by atoms with Gasteiger partial charge in [-0.1, -0.05) is 6.92 Å². The number of hydrogen-bond donors (Lipinski definition) is 0. The Bertz CT molecular complexity index is 328. The van der Waals surface area contributed by atoms with Crippen molar-refractivity contribution in [1.29, 1.82) is 0 Å². The third kappa shape index (κ3) is 0.923. The second-order valence-electron chi connectivity index (χ2n) is 5.46. The third-order valence-corrected chi connectivity index (χ3v) is 3.98. The van der Waals surface area contributed by atoms with E-state index in [0.29, 0.717) is 18.6 Å². The molecule has 84 valence electrons. The fourth-order valence-corrected chi connectivity index (χ4v) is 3.47. The highest BCUT2D eigenvalue weighted by Gasteiger charge is 2.75. The zero-order valence-electron chi connectivity index (χ0n) is 9.45. The molecule has 1 spiro atoms. The largest absolute Gasteiger partial charge is 0.464 e. The summed E-state index contributed by atoms with van der Waals surface area (Å²) in [5, 5.41) is 1.91. The second kappa shape index (κ2) is 2.55. The third-order valence-electron chi connectivity index (χ3n) is 3.98. The smallest absolute Gasteiger partial charge is 0.329 e. The molecule has 0 N–H and O–H groups in total. The minimum atomic E-state index is -0.440. The van der Waals surface area contributed by atoms with Gasteiger partial charge in [0.05, 0.1) is 12.2 Å². The molecule has 0 saturated carbocycles. The highest BCUT2D eigenvalue weighted by Crippen LogP contribution is 2.58. The lowest BCUT2D eigenvalue weighted by Gasteiger charge is -2.51. The summed E-state index contributed by atoms with van der Waals surface area (Å²) in [4.78, 5) is 17.7. The quantitative estimate of drug-likeness (QED) is 0.609. The number of rotatable bonds is 1. The first-order chi connectivity index (χ1) is 7.01. The molecule has 4 nitrogen and oxygen atoms in total. The minimum absolute atomic E-state index is 0.0808. The normalized spacial score (nSPS) is 47.0. The Morgan fingerprint density at radius 2 is 2.27 bits per heavy atom. The van der Waals surface area contributed by atoms with E-state index in [1.54, 1.807) is 0 Å². The van der Waals surface area contributed by atoms with Crippen LogP contribution in [0.25, 0.3) is 0 Å². The molecule has 3 heterocycles. The Kier molecular flexibility index (Phi) is 1.63. The van der Waals surface area contributed by atoms with Gasteiger partial charge < -0.3 is 4.74 Å². The van der Waals surface area contributed by atoms with E-state index in [0.717, 1.165) is 12.8 Å². The number of nitrogens with zero attached hydrogens (tertiary/aromatic N) is 1. The minimum Gasteiger partial charge on any atom is -0.464 e. The Morgan fingerprint density at radius 1 is 1.53 bits per heavy atom. The van der Waals surface area contributed by atoms with Gasteiger partial charge >= 0.3 is 5.97 Å². The summed E-state index contributed by atoms with van der Waals surface area (Å²) in [5.41, 5.74) is -0.671. The Morgan fingerprint density at radius 3 is 2.93 bits per heavy atom. The zero-order valence-corrected chi connectivity index (χ0v) is 9.45. The molecule has 3 aliphatic rings. The van der Waals surface area contributed by atoms with Gasteiger partial charge in [0.1, 0.15) is 0 Å². The first-order valence-electron chi connectivity index (χ1n) is 5.67. The van der Waals surface area contributed by atoms with E-state index in [-0.39, 0.29) is 11.6 Å². The van der Waals surface area contributed by atoms with Crippen molar-refractivity contribution in [3.63, 3.8) is 0 Å². The van der Waals surface area contributed by atoms with Crippen LogP contribution < -0.4 is 0 Å². The molecule has 0 aromatic heterocycles. The number of carbonyl (C=O) groups is 1. The van der Waals surface area contributed by atoms with Crippen molar-refractivity contribution in [1.82, 2.24) is 5.06 Å². The molecular weight excluding hydrogens is 194 g/mol. The first kappa shape index (κ1) is 9.60. The van der Waals surface area contributed by atoms with Crippen LogP contribution in [-0.4, -0.2) is 34.8 Å². The van der Waals surface area contributed by atoms with Crippen LogP contribution >= 0.6 is 0 Å². The topological polar surface area (TPSA) is 38.8 Å². The summed E-state index contributed by atoms with van der Waals surface area (Å²) in [6.07, 6.45) is 1.78. The van der Waals surface area contributed by atoms with Crippen LogP contribution in [0.2, 0.25) is 0 Å². The molecule has 3 atom stereocenters. The molecule has 3 saturated heterocycles. The molecule has 3 rings (SSSR count). The molecule has 0 aliphatic carbocycles. The average molecular weight is 211 g/mol. The van der Waals surface area contributed by atoms with Crippen LogP contribution in [0.15, 0.2) is 0 Å². The van der Waals surface area contributed by atoms with E-state index < -0.39 is 5.54 Å². The molecule has 15 heavy (non-hydrogen) atoms. The number of cyclic esters (lactones) is 1. The Hall–Kier alpha value is -0.610. The van der Waals surface area contributed by atoms with Gasteiger partial charge in [-0.25, -0.2) is 4.79 Å². The molecule has 0 amide bonds. The number of hydrogen-bond acceptors (Lipinski definition) is 4. The summed E-state index contributed by atoms with van der Waals surface area (Å²) in [6.45, 7) is 6.78. The zero-order chi connectivity index (χ0) is 10.8. The van der Waals surface area contributed by atoms with E-state index >= 15 is 0 Å². The molecule has 4 heteroatoms. The van der Waals surface area contributed by atoms with Crippen LogP contribution in [0, 0.1) is 5.92 Å². The lowest BCUT2D eigenvalue weighted by molar-refractivity contribution is -0.296.